The minimum absolute atomic E-state index is 0.00327. The predicted octanol–water partition coefficient (Wildman–Crippen LogP) is 3.86. The normalized spacial score (nSPS) is 18.8. The molecule has 0 bridgehead atoms. The van der Waals surface area contributed by atoms with Crippen molar-refractivity contribution in [3.63, 3.8) is 0 Å². The van der Waals surface area contributed by atoms with Gasteiger partial charge in [-0.1, -0.05) is 12.1 Å². The summed E-state index contributed by atoms with van der Waals surface area (Å²) in [5.41, 5.74) is -3.10. The lowest BCUT2D eigenvalue weighted by Crippen LogP contribution is -2.54. The van der Waals surface area contributed by atoms with Gasteiger partial charge in [0.2, 0.25) is 11.8 Å². The molecular weight excluding hydrogens is 1130 g/mol. The summed E-state index contributed by atoms with van der Waals surface area (Å²) in [7, 11) is 0. The summed E-state index contributed by atoms with van der Waals surface area (Å²) < 4.78 is 34.4. The number of amides is 2. The molecule has 2 amide bonds. The van der Waals surface area contributed by atoms with E-state index in [4.69, 9.17) is 28.4 Å². The SMILES string of the molecule is CC(C)(C)OC(=O)CN1CCN(CC(=O)OC(C)(C)C)CCN(CC(=O)N2CCN(C(=O)CN3CCN(CC(=O)OC(C)(C)C)CCN(CC(=O)OC(C)(C)C)CCN(CC(=O)OC(C)(C)C)CC3)c3ccccc32)CCN(CC(=O)OC(C)(C)C)CC1. The zero-order chi connectivity index (χ0) is 66.0. The van der Waals surface area contributed by atoms with Crippen LogP contribution in [0, 0.1) is 0 Å². The van der Waals surface area contributed by atoms with Crippen molar-refractivity contribution >= 4 is 59.0 Å². The average Bonchev–Trinajstić information content (AvgIpc) is 1.49. The van der Waals surface area contributed by atoms with Gasteiger partial charge in [0.25, 0.3) is 0 Å². The number of esters is 6. The molecule has 1 aromatic carbocycles. The molecule has 4 rings (SSSR count). The zero-order valence-corrected chi connectivity index (χ0v) is 56.9. The Balaban J connectivity index is 1.62. The highest BCUT2D eigenvalue weighted by Crippen LogP contribution is 2.33. The van der Waals surface area contributed by atoms with Crippen molar-refractivity contribution in [2.24, 2.45) is 0 Å². The van der Waals surface area contributed by atoms with E-state index >= 15 is 0 Å². The van der Waals surface area contributed by atoms with Crippen molar-refractivity contribution in [3.05, 3.63) is 24.3 Å². The van der Waals surface area contributed by atoms with Gasteiger partial charge in [-0.15, -0.1) is 0 Å². The largest absolute Gasteiger partial charge is 0.459 e. The number of hydrogen-bond donors (Lipinski definition) is 0. The van der Waals surface area contributed by atoms with Crippen molar-refractivity contribution in [3.8, 4) is 0 Å². The quantitative estimate of drug-likeness (QED) is 0.169. The van der Waals surface area contributed by atoms with Crippen LogP contribution < -0.4 is 9.80 Å². The van der Waals surface area contributed by atoms with Crippen LogP contribution in [-0.4, -0.2) is 291 Å². The van der Waals surface area contributed by atoms with Crippen molar-refractivity contribution in [1.29, 1.82) is 0 Å². The lowest BCUT2D eigenvalue weighted by molar-refractivity contribution is -0.158. The van der Waals surface area contributed by atoms with Gasteiger partial charge in [0.05, 0.1) is 63.7 Å². The first-order chi connectivity index (χ1) is 40.6. The van der Waals surface area contributed by atoms with Gasteiger partial charge in [0.1, 0.15) is 33.6 Å². The zero-order valence-electron chi connectivity index (χ0n) is 56.9. The van der Waals surface area contributed by atoms with Gasteiger partial charge in [-0.3, -0.25) is 77.6 Å². The van der Waals surface area contributed by atoms with Crippen LogP contribution in [0.15, 0.2) is 24.3 Å². The predicted molar refractivity (Wildman–Crippen MR) is 338 cm³/mol. The Hall–Kier alpha value is -5.34. The van der Waals surface area contributed by atoms with E-state index in [1.807, 2.05) is 188 Å². The Kier molecular flexibility index (Phi) is 28.3. The van der Waals surface area contributed by atoms with Gasteiger partial charge >= 0.3 is 35.8 Å². The van der Waals surface area contributed by atoms with Crippen LogP contribution in [0.2, 0.25) is 0 Å². The molecule has 24 heteroatoms. The van der Waals surface area contributed by atoms with E-state index in [-0.39, 0.29) is 89.2 Å². The third-order valence-electron chi connectivity index (χ3n) is 13.8. The summed E-state index contributed by atoms with van der Waals surface area (Å²) in [6, 6.07) is 7.34. The van der Waals surface area contributed by atoms with Crippen molar-refractivity contribution in [2.75, 3.05) is 180 Å². The summed E-state index contributed by atoms with van der Waals surface area (Å²) in [5, 5.41) is 0. The molecule has 0 aliphatic carbocycles. The molecule has 0 spiro atoms. The highest BCUT2D eigenvalue weighted by molar-refractivity contribution is 6.05. The number of hydrogen-bond acceptors (Lipinski definition) is 22. The van der Waals surface area contributed by atoms with Crippen LogP contribution in [0.5, 0.6) is 0 Å². The summed E-state index contributed by atoms with van der Waals surface area (Å²) >= 11 is 0. The standard InChI is InChI=1S/C64H110N10O14/c1-59(2,3)83-53(77)43-67-27-23-65(24-28-68(44-54(78)84-60(4,5)6)32-36-71(35-31-67)47-57(81)87-63(13,14)15)41-51(75)73-39-40-74(50-22-20-19-21-49(50)73)52(76)42-66-25-29-69(45-55(79)85-61(7,8)9)33-37-72(48-58(82)88-64(16,17)18)38-34-70(30-26-66)46-56(80)86-62(10,11)12/h19-22H,23-48H2,1-18H3. The van der Waals surface area contributed by atoms with E-state index < -0.39 is 57.5 Å². The van der Waals surface area contributed by atoms with E-state index in [0.29, 0.717) is 116 Å². The number of para-hydroxylation sites is 2. The Morgan fingerprint density at radius 2 is 0.409 bits per heavy atom. The molecule has 0 radical (unpaired) electrons. The number of fused-ring (bicyclic) bond motifs is 1. The Morgan fingerprint density at radius 3 is 0.557 bits per heavy atom. The van der Waals surface area contributed by atoms with Crippen LogP contribution in [0.1, 0.15) is 125 Å². The first-order valence-corrected chi connectivity index (χ1v) is 31.4. The van der Waals surface area contributed by atoms with Crippen LogP contribution in [0.3, 0.4) is 0 Å². The van der Waals surface area contributed by atoms with Gasteiger partial charge in [0, 0.05) is 118 Å². The Labute approximate surface area is 525 Å². The van der Waals surface area contributed by atoms with Crippen LogP contribution in [0.4, 0.5) is 11.4 Å². The molecule has 500 valence electrons. The van der Waals surface area contributed by atoms with E-state index in [1.165, 1.54) is 0 Å². The third kappa shape index (κ3) is 30.9. The summed E-state index contributed by atoms with van der Waals surface area (Å²) in [6.07, 6.45) is 0. The smallest absolute Gasteiger partial charge is 0.320 e. The molecular formula is C64H110N10O14. The number of rotatable bonds is 16. The van der Waals surface area contributed by atoms with Crippen LogP contribution >= 0.6 is 0 Å². The molecule has 2 fully saturated rings. The molecule has 1 aromatic rings. The fourth-order valence-corrected chi connectivity index (χ4v) is 10.2. The second kappa shape index (κ2) is 33.1. The molecule has 0 N–H and O–H groups in total. The molecule has 0 saturated carbocycles. The monoisotopic (exact) mass is 1240 g/mol. The molecule has 3 aliphatic heterocycles. The summed E-state index contributed by atoms with van der Waals surface area (Å²) in [4.78, 5) is 129. The number of carbonyl (C=O) groups is 8. The topological polar surface area (TPSA) is 224 Å². The Bertz CT molecular complexity index is 2210. The van der Waals surface area contributed by atoms with Crippen LogP contribution in [-0.2, 0) is 66.8 Å². The average molecular weight is 1240 g/mol. The molecule has 3 aliphatic rings. The summed E-state index contributed by atoms with van der Waals surface area (Å²) in [5.74, 6) is -2.78. The minimum atomic E-state index is -0.715. The number of anilines is 2. The molecule has 3 heterocycles. The van der Waals surface area contributed by atoms with E-state index in [2.05, 4.69) is 0 Å². The lowest BCUT2D eigenvalue weighted by Gasteiger charge is -2.39. The molecule has 88 heavy (non-hydrogen) atoms. The lowest BCUT2D eigenvalue weighted by atomic mass is 10.1. The van der Waals surface area contributed by atoms with Gasteiger partial charge < -0.3 is 38.2 Å². The second-order valence-corrected chi connectivity index (χ2v) is 29.3. The maximum Gasteiger partial charge on any atom is 0.320 e. The third-order valence-corrected chi connectivity index (χ3v) is 13.8. The van der Waals surface area contributed by atoms with Gasteiger partial charge in [-0.05, 0) is 137 Å². The molecule has 24 nitrogen and oxygen atoms in total. The van der Waals surface area contributed by atoms with Crippen LogP contribution in [0.25, 0.3) is 0 Å². The maximum atomic E-state index is 14.9. The van der Waals surface area contributed by atoms with E-state index in [1.54, 1.807) is 9.80 Å². The number of ether oxygens (including phenoxy) is 6. The molecule has 0 unspecified atom stereocenters. The van der Waals surface area contributed by atoms with Crippen molar-refractivity contribution < 1.29 is 66.8 Å². The van der Waals surface area contributed by atoms with Gasteiger partial charge in [0.15, 0.2) is 0 Å². The fourth-order valence-electron chi connectivity index (χ4n) is 10.2. The fraction of sp³-hybridized carbons (Fsp3) is 0.781. The van der Waals surface area contributed by atoms with Crippen molar-refractivity contribution in [1.82, 2.24) is 39.2 Å². The minimum Gasteiger partial charge on any atom is -0.459 e. The number of benzene rings is 1. The summed E-state index contributed by atoms with van der Waals surface area (Å²) in [6.45, 7) is 39.1. The highest BCUT2D eigenvalue weighted by atomic mass is 16.6. The first-order valence-electron chi connectivity index (χ1n) is 31.4. The van der Waals surface area contributed by atoms with Gasteiger partial charge in [-0.2, -0.15) is 0 Å². The van der Waals surface area contributed by atoms with Crippen molar-refractivity contribution in [2.45, 2.75) is 158 Å². The number of nitrogens with zero attached hydrogens (tertiary/aromatic N) is 10. The highest BCUT2D eigenvalue weighted by Gasteiger charge is 2.34. The Morgan fingerprint density at radius 1 is 0.261 bits per heavy atom. The molecule has 2 saturated heterocycles. The molecule has 0 atom stereocenters. The van der Waals surface area contributed by atoms with E-state index in [9.17, 15) is 38.4 Å². The van der Waals surface area contributed by atoms with Gasteiger partial charge in [-0.25, -0.2) is 0 Å². The second-order valence-electron chi connectivity index (χ2n) is 29.3. The first kappa shape index (κ1) is 75.1. The maximum absolute atomic E-state index is 14.9. The molecule has 0 aromatic heterocycles. The van der Waals surface area contributed by atoms with E-state index in [0.717, 1.165) is 0 Å². The number of carbonyl (C=O) groups excluding carboxylic acids is 8.